The Hall–Kier alpha value is -0.590. The van der Waals surface area contributed by atoms with E-state index in [9.17, 15) is 0 Å². The van der Waals surface area contributed by atoms with Gasteiger partial charge in [0.15, 0.2) is 5.82 Å². The third-order valence-corrected chi connectivity index (χ3v) is 3.59. The minimum Gasteiger partial charge on any atom is -0.372 e. The SMILES string of the molecule is CNc1nc(-c2c(Cl)cccc2Cl)ncc1I. The van der Waals surface area contributed by atoms with Gasteiger partial charge in [-0.05, 0) is 34.7 Å². The Bertz CT molecular complexity index is 540. The van der Waals surface area contributed by atoms with Crippen molar-refractivity contribution in [3.05, 3.63) is 38.0 Å². The largest absolute Gasteiger partial charge is 0.372 e. The number of halogens is 3. The summed E-state index contributed by atoms with van der Waals surface area (Å²) < 4.78 is 0.942. The highest BCUT2D eigenvalue weighted by molar-refractivity contribution is 14.1. The zero-order valence-electron chi connectivity index (χ0n) is 8.84. The van der Waals surface area contributed by atoms with Gasteiger partial charge >= 0.3 is 0 Å². The van der Waals surface area contributed by atoms with Crippen LogP contribution >= 0.6 is 45.8 Å². The van der Waals surface area contributed by atoms with Crippen molar-refractivity contribution in [2.45, 2.75) is 0 Å². The monoisotopic (exact) mass is 379 g/mol. The molecule has 0 saturated carbocycles. The van der Waals surface area contributed by atoms with Crippen LogP contribution < -0.4 is 5.32 Å². The molecule has 0 radical (unpaired) electrons. The molecule has 0 unspecified atom stereocenters. The summed E-state index contributed by atoms with van der Waals surface area (Å²) in [6.45, 7) is 0. The number of hydrogen-bond acceptors (Lipinski definition) is 3. The van der Waals surface area contributed by atoms with Crippen LogP contribution in [0.3, 0.4) is 0 Å². The van der Waals surface area contributed by atoms with E-state index in [2.05, 4.69) is 37.9 Å². The van der Waals surface area contributed by atoms with E-state index < -0.39 is 0 Å². The van der Waals surface area contributed by atoms with Gasteiger partial charge in [-0.3, -0.25) is 0 Å². The minimum atomic E-state index is 0.519. The Morgan fingerprint density at radius 3 is 2.47 bits per heavy atom. The average Bonchev–Trinajstić information content (AvgIpc) is 2.31. The lowest BCUT2D eigenvalue weighted by Gasteiger charge is -2.08. The number of benzene rings is 1. The van der Waals surface area contributed by atoms with Crippen molar-refractivity contribution in [2.24, 2.45) is 0 Å². The molecule has 0 spiro atoms. The third kappa shape index (κ3) is 2.64. The molecule has 0 amide bonds. The Labute approximate surface area is 123 Å². The molecule has 1 aromatic heterocycles. The number of rotatable bonds is 2. The van der Waals surface area contributed by atoms with Gasteiger partial charge in [0.2, 0.25) is 0 Å². The summed E-state index contributed by atoms with van der Waals surface area (Å²) >= 11 is 14.4. The lowest BCUT2D eigenvalue weighted by Crippen LogP contribution is -1.99. The molecule has 1 aromatic carbocycles. The van der Waals surface area contributed by atoms with Crippen LogP contribution in [0.5, 0.6) is 0 Å². The van der Waals surface area contributed by atoms with Gasteiger partial charge in [-0.2, -0.15) is 0 Å². The van der Waals surface area contributed by atoms with Crippen LogP contribution in [0.2, 0.25) is 10.0 Å². The summed E-state index contributed by atoms with van der Waals surface area (Å²) in [7, 11) is 1.81. The van der Waals surface area contributed by atoms with Crippen LogP contribution in [0, 0.1) is 3.57 Å². The van der Waals surface area contributed by atoms with E-state index >= 15 is 0 Å². The number of anilines is 1. The first-order chi connectivity index (χ1) is 8.13. The van der Waals surface area contributed by atoms with Crippen molar-refractivity contribution in [1.82, 2.24) is 9.97 Å². The zero-order chi connectivity index (χ0) is 12.4. The number of nitrogens with zero attached hydrogens (tertiary/aromatic N) is 2. The number of aromatic nitrogens is 2. The van der Waals surface area contributed by atoms with Crippen molar-refractivity contribution in [3.63, 3.8) is 0 Å². The van der Waals surface area contributed by atoms with Crippen molar-refractivity contribution >= 4 is 51.6 Å². The minimum absolute atomic E-state index is 0.519. The van der Waals surface area contributed by atoms with Crippen LogP contribution in [0.4, 0.5) is 5.82 Å². The molecule has 17 heavy (non-hydrogen) atoms. The van der Waals surface area contributed by atoms with Crippen molar-refractivity contribution in [3.8, 4) is 11.4 Å². The van der Waals surface area contributed by atoms with Crippen LogP contribution in [-0.4, -0.2) is 17.0 Å². The van der Waals surface area contributed by atoms with Crippen LogP contribution in [0.1, 0.15) is 0 Å². The fraction of sp³-hybridized carbons (Fsp3) is 0.0909. The Kier molecular flexibility index (Phi) is 4.06. The molecule has 88 valence electrons. The molecule has 1 heterocycles. The molecule has 0 aliphatic rings. The highest BCUT2D eigenvalue weighted by Gasteiger charge is 2.12. The zero-order valence-corrected chi connectivity index (χ0v) is 12.5. The van der Waals surface area contributed by atoms with E-state index in [1.807, 2.05) is 7.05 Å². The van der Waals surface area contributed by atoms with Crippen LogP contribution in [0.15, 0.2) is 24.4 Å². The topological polar surface area (TPSA) is 37.8 Å². The van der Waals surface area contributed by atoms with E-state index in [1.54, 1.807) is 24.4 Å². The van der Waals surface area contributed by atoms with Crippen LogP contribution in [-0.2, 0) is 0 Å². The van der Waals surface area contributed by atoms with Gasteiger partial charge in [0.1, 0.15) is 5.82 Å². The molecular weight excluding hydrogens is 372 g/mol. The van der Waals surface area contributed by atoms with E-state index in [4.69, 9.17) is 23.2 Å². The van der Waals surface area contributed by atoms with Crippen LogP contribution in [0.25, 0.3) is 11.4 Å². The molecule has 0 fully saturated rings. The quantitative estimate of drug-likeness (QED) is 0.798. The first-order valence-electron chi connectivity index (χ1n) is 4.78. The molecule has 0 bridgehead atoms. The normalized spacial score (nSPS) is 10.4. The molecule has 3 nitrogen and oxygen atoms in total. The molecule has 0 saturated heterocycles. The van der Waals surface area contributed by atoms with Crippen molar-refractivity contribution < 1.29 is 0 Å². The maximum atomic E-state index is 6.11. The van der Waals surface area contributed by atoms with Crippen molar-refractivity contribution in [1.29, 1.82) is 0 Å². The summed E-state index contributed by atoms with van der Waals surface area (Å²) in [5, 5.41) is 4.08. The molecule has 2 rings (SSSR count). The Morgan fingerprint density at radius 2 is 1.88 bits per heavy atom. The van der Waals surface area contributed by atoms with Gasteiger partial charge in [0.05, 0.1) is 19.2 Å². The standard InChI is InChI=1S/C11H8Cl2IN3/c1-15-10-8(14)5-16-11(17-10)9-6(12)3-2-4-7(9)13/h2-5H,1H3,(H,15,16,17). The molecule has 2 aromatic rings. The van der Waals surface area contributed by atoms with E-state index in [-0.39, 0.29) is 0 Å². The summed E-state index contributed by atoms with van der Waals surface area (Å²) in [5.41, 5.74) is 0.656. The fourth-order valence-electron chi connectivity index (χ4n) is 1.37. The lowest BCUT2D eigenvalue weighted by molar-refractivity contribution is 1.15. The predicted molar refractivity (Wildman–Crippen MR) is 79.8 cm³/mol. The van der Waals surface area contributed by atoms with Gasteiger partial charge in [0, 0.05) is 13.2 Å². The Balaban J connectivity index is 2.61. The average molecular weight is 380 g/mol. The second-order valence-electron chi connectivity index (χ2n) is 3.24. The lowest BCUT2D eigenvalue weighted by atomic mass is 10.2. The highest BCUT2D eigenvalue weighted by atomic mass is 127. The maximum Gasteiger partial charge on any atom is 0.164 e. The van der Waals surface area contributed by atoms with Gasteiger partial charge in [-0.1, -0.05) is 29.3 Å². The Morgan fingerprint density at radius 1 is 1.24 bits per heavy atom. The number of hydrogen-bond donors (Lipinski definition) is 1. The second kappa shape index (κ2) is 5.37. The third-order valence-electron chi connectivity index (χ3n) is 2.17. The molecular formula is C11H8Cl2IN3. The first kappa shape index (κ1) is 12.9. The van der Waals surface area contributed by atoms with Gasteiger partial charge in [-0.15, -0.1) is 0 Å². The summed E-state index contributed by atoms with van der Waals surface area (Å²) in [5.74, 6) is 1.27. The summed E-state index contributed by atoms with van der Waals surface area (Å²) in [6, 6.07) is 5.33. The number of nitrogens with one attached hydrogen (secondary N) is 1. The second-order valence-corrected chi connectivity index (χ2v) is 5.21. The van der Waals surface area contributed by atoms with Gasteiger partial charge in [0.25, 0.3) is 0 Å². The molecule has 6 heteroatoms. The van der Waals surface area contributed by atoms with Crippen molar-refractivity contribution in [2.75, 3.05) is 12.4 Å². The molecule has 1 N–H and O–H groups in total. The maximum absolute atomic E-state index is 6.11. The van der Waals surface area contributed by atoms with E-state index in [0.29, 0.717) is 21.4 Å². The highest BCUT2D eigenvalue weighted by Crippen LogP contribution is 2.33. The molecule has 0 atom stereocenters. The smallest absolute Gasteiger partial charge is 0.164 e. The summed E-state index contributed by atoms with van der Waals surface area (Å²) in [4.78, 5) is 8.64. The van der Waals surface area contributed by atoms with Gasteiger partial charge < -0.3 is 5.32 Å². The predicted octanol–water partition coefficient (Wildman–Crippen LogP) is 4.10. The molecule has 0 aliphatic heterocycles. The first-order valence-corrected chi connectivity index (χ1v) is 6.61. The van der Waals surface area contributed by atoms with E-state index in [1.165, 1.54) is 0 Å². The fourth-order valence-corrected chi connectivity index (χ4v) is 2.47. The summed E-state index contributed by atoms with van der Waals surface area (Å²) in [6.07, 6.45) is 1.73. The molecule has 0 aliphatic carbocycles. The van der Waals surface area contributed by atoms with Gasteiger partial charge in [-0.25, -0.2) is 9.97 Å². The van der Waals surface area contributed by atoms with E-state index in [0.717, 1.165) is 9.39 Å².